The number of morpholine rings is 1. The molecule has 0 bridgehead atoms. The molecule has 0 amide bonds. The SMILES string of the molecule is CCCN1CCOC(c2ccc(CCc3c(Cl)cccc3Cl)cc2)C1. The van der Waals surface area contributed by atoms with Gasteiger partial charge in [0.2, 0.25) is 0 Å². The van der Waals surface area contributed by atoms with Crippen molar-refractivity contribution < 1.29 is 4.74 Å². The van der Waals surface area contributed by atoms with E-state index in [1.54, 1.807) is 0 Å². The predicted molar refractivity (Wildman–Crippen MR) is 106 cm³/mol. The molecule has 1 fully saturated rings. The van der Waals surface area contributed by atoms with E-state index in [0.29, 0.717) is 0 Å². The molecule has 3 rings (SSSR count). The Hall–Kier alpha value is -1.06. The number of hydrogen-bond donors (Lipinski definition) is 0. The quantitative estimate of drug-likeness (QED) is 0.652. The lowest BCUT2D eigenvalue weighted by atomic mass is 10.0. The Bertz CT molecular complexity index is 665. The molecule has 25 heavy (non-hydrogen) atoms. The van der Waals surface area contributed by atoms with Crippen molar-refractivity contribution in [3.8, 4) is 0 Å². The lowest BCUT2D eigenvalue weighted by Gasteiger charge is -2.33. The van der Waals surface area contributed by atoms with E-state index in [-0.39, 0.29) is 6.10 Å². The fraction of sp³-hybridized carbons (Fsp3) is 0.429. The van der Waals surface area contributed by atoms with Crippen LogP contribution in [0.25, 0.3) is 0 Å². The van der Waals surface area contributed by atoms with Gasteiger partial charge in [0.1, 0.15) is 0 Å². The Morgan fingerprint density at radius 3 is 2.44 bits per heavy atom. The summed E-state index contributed by atoms with van der Waals surface area (Å²) in [4.78, 5) is 2.49. The zero-order valence-corrected chi connectivity index (χ0v) is 16.2. The number of rotatable bonds is 6. The van der Waals surface area contributed by atoms with Crippen LogP contribution in [0.2, 0.25) is 10.0 Å². The Labute approximate surface area is 160 Å². The normalized spacial score (nSPS) is 18.4. The third-order valence-electron chi connectivity index (χ3n) is 4.77. The van der Waals surface area contributed by atoms with Crippen LogP contribution in [0.3, 0.4) is 0 Å². The second-order valence-electron chi connectivity index (χ2n) is 6.60. The van der Waals surface area contributed by atoms with Gasteiger partial charge in [0.15, 0.2) is 0 Å². The molecule has 2 aromatic rings. The summed E-state index contributed by atoms with van der Waals surface area (Å²) >= 11 is 12.5. The Balaban J connectivity index is 1.60. The molecule has 1 saturated heterocycles. The maximum atomic E-state index is 6.26. The number of ether oxygens (including phenoxy) is 1. The Morgan fingerprint density at radius 1 is 1.04 bits per heavy atom. The van der Waals surface area contributed by atoms with E-state index in [1.807, 2.05) is 18.2 Å². The molecule has 0 radical (unpaired) electrons. The first-order valence-corrected chi connectivity index (χ1v) is 9.78. The molecular formula is C21H25Cl2NO. The monoisotopic (exact) mass is 377 g/mol. The molecule has 1 aliphatic rings. The van der Waals surface area contributed by atoms with E-state index < -0.39 is 0 Å². The highest BCUT2D eigenvalue weighted by Crippen LogP contribution is 2.27. The van der Waals surface area contributed by atoms with Crippen LogP contribution in [0.5, 0.6) is 0 Å². The van der Waals surface area contributed by atoms with E-state index in [1.165, 1.54) is 17.5 Å². The number of nitrogens with zero attached hydrogens (tertiary/aromatic N) is 1. The largest absolute Gasteiger partial charge is 0.371 e. The molecule has 2 aromatic carbocycles. The minimum Gasteiger partial charge on any atom is -0.371 e. The molecule has 1 aliphatic heterocycles. The first-order chi connectivity index (χ1) is 12.2. The molecule has 1 heterocycles. The van der Waals surface area contributed by atoms with Gasteiger partial charge in [-0.3, -0.25) is 4.90 Å². The highest BCUT2D eigenvalue weighted by Gasteiger charge is 2.21. The molecule has 2 nitrogen and oxygen atoms in total. The van der Waals surface area contributed by atoms with Crippen molar-refractivity contribution in [1.82, 2.24) is 4.90 Å². The molecule has 0 aromatic heterocycles. The summed E-state index contributed by atoms with van der Waals surface area (Å²) in [5, 5.41) is 1.49. The van der Waals surface area contributed by atoms with Gasteiger partial charge in [0.25, 0.3) is 0 Å². The van der Waals surface area contributed by atoms with Crippen LogP contribution in [0.4, 0.5) is 0 Å². The second-order valence-corrected chi connectivity index (χ2v) is 7.42. The lowest BCUT2D eigenvalue weighted by molar-refractivity contribution is -0.0298. The van der Waals surface area contributed by atoms with Crippen LogP contribution >= 0.6 is 23.2 Å². The number of hydrogen-bond acceptors (Lipinski definition) is 2. The van der Waals surface area contributed by atoms with Gasteiger partial charge in [0.05, 0.1) is 12.7 Å². The Morgan fingerprint density at radius 2 is 1.76 bits per heavy atom. The molecule has 4 heteroatoms. The zero-order valence-electron chi connectivity index (χ0n) is 14.7. The summed E-state index contributed by atoms with van der Waals surface area (Å²) in [5.41, 5.74) is 3.59. The van der Waals surface area contributed by atoms with Gasteiger partial charge < -0.3 is 4.74 Å². The lowest BCUT2D eigenvalue weighted by Crippen LogP contribution is -2.38. The first kappa shape index (κ1) is 18.7. The van der Waals surface area contributed by atoms with Crippen molar-refractivity contribution in [3.05, 3.63) is 69.2 Å². The molecule has 0 N–H and O–H groups in total. The highest BCUT2D eigenvalue weighted by molar-refractivity contribution is 6.35. The fourth-order valence-corrected chi connectivity index (χ4v) is 3.95. The van der Waals surface area contributed by atoms with Gasteiger partial charge in [-0.2, -0.15) is 0 Å². The highest BCUT2D eigenvalue weighted by atomic mass is 35.5. The van der Waals surface area contributed by atoms with Crippen molar-refractivity contribution in [2.45, 2.75) is 32.3 Å². The van der Waals surface area contributed by atoms with E-state index in [0.717, 1.165) is 54.7 Å². The maximum absolute atomic E-state index is 6.26. The third kappa shape index (κ3) is 4.98. The number of halogens is 2. The standard InChI is InChI=1S/C21H25Cl2NO/c1-2-12-24-13-14-25-21(15-24)17-9-6-16(7-10-17)8-11-18-19(22)4-3-5-20(18)23/h3-7,9-10,21H,2,8,11-15H2,1H3. The summed E-state index contributed by atoms with van der Waals surface area (Å²) in [6.07, 6.45) is 3.16. The predicted octanol–water partition coefficient (Wildman–Crippen LogP) is 5.56. The molecule has 0 spiro atoms. The van der Waals surface area contributed by atoms with E-state index in [4.69, 9.17) is 27.9 Å². The van der Waals surface area contributed by atoms with Crippen LogP contribution in [-0.2, 0) is 17.6 Å². The van der Waals surface area contributed by atoms with E-state index in [9.17, 15) is 0 Å². The van der Waals surface area contributed by atoms with Crippen molar-refractivity contribution in [2.24, 2.45) is 0 Å². The topological polar surface area (TPSA) is 12.5 Å². The van der Waals surface area contributed by atoms with Crippen LogP contribution in [0, 0.1) is 0 Å². The van der Waals surface area contributed by atoms with Crippen LogP contribution < -0.4 is 0 Å². The molecule has 0 saturated carbocycles. The average molecular weight is 378 g/mol. The summed E-state index contributed by atoms with van der Waals surface area (Å²) in [5.74, 6) is 0. The molecular weight excluding hydrogens is 353 g/mol. The average Bonchev–Trinajstić information content (AvgIpc) is 2.62. The first-order valence-electron chi connectivity index (χ1n) is 9.03. The molecule has 1 atom stereocenters. The van der Waals surface area contributed by atoms with Crippen LogP contribution in [-0.4, -0.2) is 31.1 Å². The van der Waals surface area contributed by atoms with Crippen LogP contribution in [0.15, 0.2) is 42.5 Å². The van der Waals surface area contributed by atoms with E-state index >= 15 is 0 Å². The molecule has 1 unspecified atom stereocenters. The van der Waals surface area contributed by atoms with Crippen molar-refractivity contribution in [1.29, 1.82) is 0 Å². The number of aryl methyl sites for hydroxylation is 1. The van der Waals surface area contributed by atoms with Gasteiger partial charge in [-0.1, -0.05) is 60.5 Å². The summed E-state index contributed by atoms with van der Waals surface area (Å²) in [6, 6.07) is 14.5. The molecule has 0 aliphatic carbocycles. The van der Waals surface area contributed by atoms with Crippen molar-refractivity contribution >= 4 is 23.2 Å². The van der Waals surface area contributed by atoms with Crippen molar-refractivity contribution in [3.63, 3.8) is 0 Å². The van der Waals surface area contributed by atoms with Gasteiger partial charge in [-0.05, 0) is 54.6 Å². The van der Waals surface area contributed by atoms with Gasteiger partial charge >= 0.3 is 0 Å². The van der Waals surface area contributed by atoms with Crippen LogP contribution in [0.1, 0.15) is 36.1 Å². The number of benzene rings is 2. The summed E-state index contributed by atoms with van der Waals surface area (Å²) in [7, 11) is 0. The maximum Gasteiger partial charge on any atom is 0.0952 e. The molecule has 134 valence electrons. The summed E-state index contributed by atoms with van der Waals surface area (Å²) < 4.78 is 5.96. The van der Waals surface area contributed by atoms with E-state index in [2.05, 4.69) is 36.1 Å². The van der Waals surface area contributed by atoms with Gasteiger partial charge in [-0.15, -0.1) is 0 Å². The second kappa shape index (κ2) is 9.05. The zero-order chi connectivity index (χ0) is 17.6. The minimum absolute atomic E-state index is 0.187. The smallest absolute Gasteiger partial charge is 0.0952 e. The van der Waals surface area contributed by atoms with Gasteiger partial charge in [0, 0.05) is 23.1 Å². The Kier molecular flexibility index (Phi) is 6.77. The van der Waals surface area contributed by atoms with Crippen molar-refractivity contribution in [2.75, 3.05) is 26.2 Å². The minimum atomic E-state index is 0.187. The van der Waals surface area contributed by atoms with Gasteiger partial charge in [-0.25, -0.2) is 0 Å². The summed E-state index contributed by atoms with van der Waals surface area (Å²) in [6.45, 7) is 6.22. The fourth-order valence-electron chi connectivity index (χ4n) is 3.36. The third-order valence-corrected chi connectivity index (χ3v) is 5.48.